The standard InChI is InChI=1S/C10H21NO2/c1-2-3-6-13-8-10(12,7-11)9-4-5-9/h9,12H,2-8,11H2,1H3. The minimum atomic E-state index is -0.742. The van der Waals surface area contributed by atoms with Gasteiger partial charge in [-0.25, -0.2) is 0 Å². The van der Waals surface area contributed by atoms with Crippen LogP contribution in [0.4, 0.5) is 0 Å². The number of rotatable bonds is 7. The van der Waals surface area contributed by atoms with Crippen LogP contribution in [0.5, 0.6) is 0 Å². The third-order valence-corrected chi connectivity index (χ3v) is 2.68. The van der Waals surface area contributed by atoms with E-state index in [1.165, 1.54) is 0 Å². The summed E-state index contributed by atoms with van der Waals surface area (Å²) >= 11 is 0. The van der Waals surface area contributed by atoms with Crippen molar-refractivity contribution >= 4 is 0 Å². The van der Waals surface area contributed by atoms with Crippen LogP contribution in [-0.4, -0.2) is 30.5 Å². The normalized spacial score (nSPS) is 21.5. The Morgan fingerprint density at radius 3 is 2.69 bits per heavy atom. The van der Waals surface area contributed by atoms with Crippen molar-refractivity contribution in [2.75, 3.05) is 19.8 Å². The van der Waals surface area contributed by atoms with Gasteiger partial charge in [0, 0.05) is 13.2 Å². The van der Waals surface area contributed by atoms with Crippen LogP contribution in [0.15, 0.2) is 0 Å². The van der Waals surface area contributed by atoms with E-state index in [0.717, 1.165) is 32.3 Å². The van der Waals surface area contributed by atoms with Crippen molar-refractivity contribution in [2.45, 2.75) is 38.2 Å². The van der Waals surface area contributed by atoms with Gasteiger partial charge in [-0.2, -0.15) is 0 Å². The van der Waals surface area contributed by atoms with Gasteiger partial charge >= 0.3 is 0 Å². The van der Waals surface area contributed by atoms with Gasteiger partial charge in [-0.05, 0) is 25.2 Å². The highest BCUT2D eigenvalue weighted by Gasteiger charge is 2.42. The fourth-order valence-electron chi connectivity index (χ4n) is 1.46. The number of aliphatic hydroxyl groups is 1. The first-order valence-corrected chi connectivity index (χ1v) is 5.23. The van der Waals surface area contributed by atoms with Crippen LogP contribution in [-0.2, 0) is 4.74 Å². The molecule has 1 atom stereocenters. The van der Waals surface area contributed by atoms with E-state index in [0.29, 0.717) is 19.1 Å². The summed E-state index contributed by atoms with van der Waals surface area (Å²) in [5.41, 5.74) is 4.79. The summed E-state index contributed by atoms with van der Waals surface area (Å²) in [5.74, 6) is 0.388. The van der Waals surface area contributed by atoms with E-state index >= 15 is 0 Å². The van der Waals surface area contributed by atoms with Crippen LogP contribution in [0.3, 0.4) is 0 Å². The van der Waals surface area contributed by atoms with Crippen molar-refractivity contribution in [3.63, 3.8) is 0 Å². The number of hydrogen-bond donors (Lipinski definition) is 2. The Kier molecular flexibility index (Phi) is 4.16. The molecule has 3 heteroatoms. The highest BCUT2D eigenvalue weighted by Crippen LogP contribution is 2.39. The SMILES string of the molecule is CCCCOCC(O)(CN)C1CC1. The molecule has 1 rings (SSSR count). The van der Waals surface area contributed by atoms with Crippen molar-refractivity contribution in [1.82, 2.24) is 0 Å². The molecular weight excluding hydrogens is 166 g/mol. The molecule has 0 saturated heterocycles. The average molecular weight is 187 g/mol. The minimum absolute atomic E-state index is 0.323. The maximum absolute atomic E-state index is 10.0. The highest BCUT2D eigenvalue weighted by atomic mass is 16.5. The van der Waals surface area contributed by atoms with E-state index in [1.807, 2.05) is 0 Å². The third kappa shape index (κ3) is 3.25. The number of ether oxygens (including phenoxy) is 1. The maximum Gasteiger partial charge on any atom is 0.103 e. The van der Waals surface area contributed by atoms with Crippen LogP contribution in [0.25, 0.3) is 0 Å². The lowest BCUT2D eigenvalue weighted by Gasteiger charge is -2.26. The second-order valence-corrected chi connectivity index (χ2v) is 3.99. The summed E-state index contributed by atoms with van der Waals surface area (Å²) in [7, 11) is 0. The first kappa shape index (κ1) is 11.0. The monoisotopic (exact) mass is 187 g/mol. The molecule has 0 spiro atoms. The van der Waals surface area contributed by atoms with Gasteiger partial charge in [0.25, 0.3) is 0 Å². The summed E-state index contributed by atoms with van der Waals surface area (Å²) in [5, 5.41) is 10.0. The molecule has 1 aliphatic carbocycles. The quantitative estimate of drug-likeness (QED) is 0.582. The van der Waals surface area contributed by atoms with Gasteiger partial charge in [-0.3, -0.25) is 0 Å². The van der Waals surface area contributed by atoms with Gasteiger partial charge in [0.15, 0.2) is 0 Å². The lowest BCUT2D eigenvalue weighted by Crippen LogP contribution is -2.44. The Labute approximate surface area is 80.3 Å². The Morgan fingerprint density at radius 1 is 1.54 bits per heavy atom. The van der Waals surface area contributed by atoms with E-state index in [9.17, 15) is 5.11 Å². The molecule has 0 aromatic carbocycles. The Balaban J connectivity index is 2.15. The molecule has 0 amide bonds. The lowest BCUT2D eigenvalue weighted by atomic mass is 9.99. The molecule has 0 radical (unpaired) electrons. The molecule has 0 aromatic heterocycles. The summed E-state index contributed by atoms with van der Waals surface area (Å²) in [6.45, 7) is 3.60. The average Bonchev–Trinajstić information content (AvgIpc) is 2.95. The fraction of sp³-hybridized carbons (Fsp3) is 1.00. The molecule has 3 nitrogen and oxygen atoms in total. The first-order chi connectivity index (χ1) is 6.23. The number of unbranched alkanes of at least 4 members (excludes halogenated alkanes) is 1. The predicted molar refractivity (Wildman–Crippen MR) is 52.5 cm³/mol. The van der Waals surface area contributed by atoms with E-state index in [2.05, 4.69) is 6.92 Å². The smallest absolute Gasteiger partial charge is 0.103 e. The van der Waals surface area contributed by atoms with Gasteiger partial charge in [-0.1, -0.05) is 13.3 Å². The van der Waals surface area contributed by atoms with Crippen molar-refractivity contribution in [3.05, 3.63) is 0 Å². The van der Waals surface area contributed by atoms with E-state index < -0.39 is 5.60 Å². The molecule has 13 heavy (non-hydrogen) atoms. The van der Waals surface area contributed by atoms with Crippen LogP contribution in [0.2, 0.25) is 0 Å². The molecule has 0 aromatic rings. The fourth-order valence-corrected chi connectivity index (χ4v) is 1.46. The molecule has 0 heterocycles. The summed E-state index contributed by atoms with van der Waals surface area (Å²) in [6, 6.07) is 0. The summed E-state index contributed by atoms with van der Waals surface area (Å²) in [6.07, 6.45) is 4.39. The maximum atomic E-state index is 10.0. The molecule has 1 aliphatic rings. The van der Waals surface area contributed by atoms with Gasteiger partial charge in [-0.15, -0.1) is 0 Å². The molecule has 1 unspecified atom stereocenters. The molecule has 1 fully saturated rings. The lowest BCUT2D eigenvalue weighted by molar-refractivity contribution is -0.0553. The van der Waals surface area contributed by atoms with Crippen molar-refractivity contribution in [3.8, 4) is 0 Å². The second-order valence-electron chi connectivity index (χ2n) is 3.99. The van der Waals surface area contributed by atoms with E-state index in [-0.39, 0.29) is 0 Å². The Morgan fingerprint density at radius 2 is 2.23 bits per heavy atom. The zero-order valence-electron chi connectivity index (χ0n) is 8.46. The molecule has 3 N–H and O–H groups in total. The van der Waals surface area contributed by atoms with Gasteiger partial charge in [0.05, 0.1) is 6.61 Å². The van der Waals surface area contributed by atoms with Gasteiger partial charge < -0.3 is 15.6 Å². The third-order valence-electron chi connectivity index (χ3n) is 2.68. The van der Waals surface area contributed by atoms with Crippen LogP contribution in [0, 0.1) is 5.92 Å². The van der Waals surface area contributed by atoms with E-state index in [1.54, 1.807) is 0 Å². The zero-order chi connectivity index (χ0) is 9.73. The van der Waals surface area contributed by atoms with Gasteiger partial charge in [0.2, 0.25) is 0 Å². The van der Waals surface area contributed by atoms with Crippen LogP contribution in [0.1, 0.15) is 32.6 Å². The van der Waals surface area contributed by atoms with Crippen molar-refractivity contribution in [1.29, 1.82) is 0 Å². The first-order valence-electron chi connectivity index (χ1n) is 5.23. The molecule has 1 saturated carbocycles. The number of hydrogen-bond acceptors (Lipinski definition) is 3. The van der Waals surface area contributed by atoms with Crippen LogP contribution >= 0.6 is 0 Å². The Hall–Kier alpha value is -0.120. The zero-order valence-corrected chi connectivity index (χ0v) is 8.46. The van der Waals surface area contributed by atoms with Crippen molar-refractivity contribution < 1.29 is 9.84 Å². The summed E-state index contributed by atoms with van der Waals surface area (Å²) < 4.78 is 5.40. The summed E-state index contributed by atoms with van der Waals surface area (Å²) in [4.78, 5) is 0. The predicted octanol–water partition coefficient (Wildman–Crippen LogP) is 0.903. The van der Waals surface area contributed by atoms with Crippen molar-refractivity contribution in [2.24, 2.45) is 11.7 Å². The van der Waals surface area contributed by atoms with Gasteiger partial charge in [0.1, 0.15) is 5.60 Å². The topological polar surface area (TPSA) is 55.5 Å². The number of nitrogens with two attached hydrogens (primary N) is 1. The molecule has 0 aliphatic heterocycles. The second kappa shape index (κ2) is 4.94. The largest absolute Gasteiger partial charge is 0.386 e. The molecule has 0 bridgehead atoms. The minimum Gasteiger partial charge on any atom is -0.386 e. The molecule has 78 valence electrons. The molecular formula is C10H21NO2. The Bertz CT molecular complexity index is 148. The highest BCUT2D eigenvalue weighted by molar-refractivity contribution is 4.95. The van der Waals surface area contributed by atoms with Crippen LogP contribution < -0.4 is 5.73 Å². The van der Waals surface area contributed by atoms with E-state index in [4.69, 9.17) is 10.5 Å².